The maximum Gasteiger partial charge on any atom is 0.251 e. The lowest BCUT2D eigenvalue weighted by molar-refractivity contribution is -0.139. The van der Waals surface area contributed by atoms with Gasteiger partial charge in [0.05, 0.1) is 11.8 Å². The molecule has 1 aromatic heterocycles. The quantitative estimate of drug-likeness (QED) is 0.928. The summed E-state index contributed by atoms with van der Waals surface area (Å²) in [6, 6.07) is 7.53. The number of amides is 1. The van der Waals surface area contributed by atoms with Gasteiger partial charge in [0.25, 0.3) is 5.91 Å². The summed E-state index contributed by atoms with van der Waals surface area (Å²) in [6.07, 6.45) is 6.58. The minimum atomic E-state index is -0.120. The second kappa shape index (κ2) is 6.98. The summed E-state index contributed by atoms with van der Waals surface area (Å²) in [6.45, 7) is 2.17. The van der Waals surface area contributed by atoms with Crippen molar-refractivity contribution in [2.45, 2.75) is 37.3 Å². The molecule has 2 fully saturated rings. The van der Waals surface area contributed by atoms with Crippen LogP contribution < -0.4 is 5.32 Å². The molecular formula is C19H22N2O4. The van der Waals surface area contributed by atoms with Crippen LogP contribution in [0.4, 0.5) is 0 Å². The van der Waals surface area contributed by atoms with E-state index in [1.54, 1.807) is 6.20 Å². The van der Waals surface area contributed by atoms with Crippen molar-refractivity contribution in [3.63, 3.8) is 0 Å². The van der Waals surface area contributed by atoms with Crippen LogP contribution in [0.25, 0.3) is 11.3 Å². The number of carbonyl (C=O) groups is 1. The fourth-order valence-electron chi connectivity index (χ4n) is 3.66. The maximum atomic E-state index is 12.6. The van der Waals surface area contributed by atoms with Crippen LogP contribution in [-0.4, -0.2) is 42.4 Å². The second-order valence-electron chi connectivity index (χ2n) is 6.75. The number of aromatic nitrogens is 1. The predicted octanol–water partition coefficient (Wildman–Crippen LogP) is 2.80. The Kier molecular flexibility index (Phi) is 4.55. The van der Waals surface area contributed by atoms with E-state index in [0.29, 0.717) is 17.9 Å². The van der Waals surface area contributed by atoms with Gasteiger partial charge in [-0.25, -0.2) is 4.98 Å². The molecule has 0 bridgehead atoms. The van der Waals surface area contributed by atoms with Crippen LogP contribution in [0.5, 0.6) is 0 Å². The van der Waals surface area contributed by atoms with Gasteiger partial charge in [-0.1, -0.05) is 12.1 Å². The Morgan fingerprint density at radius 2 is 1.96 bits per heavy atom. The van der Waals surface area contributed by atoms with Gasteiger partial charge in [0.1, 0.15) is 0 Å². The molecule has 3 heterocycles. The first-order valence-corrected chi connectivity index (χ1v) is 8.76. The molecule has 1 aromatic carbocycles. The molecule has 25 heavy (non-hydrogen) atoms. The fourth-order valence-corrected chi connectivity index (χ4v) is 3.66. The summed E-state index contributed by atoms with van der Waals surface area (Å²) >= 11 is 0. The van der Waals surface area contributed by atoms with Gasteiger partial charge in [0.15, 0.2) is 12.2 Å². The van der Waals surface area contributed by atoms with Crippen LogP contribution in [0.2, 0.25) is 0 Å². The average Bonchev–Trinajstić information content (AvgIpc) is 3.17. The van der Waals surface area contributed by atoms with E-state index in [1.807, 2.05) is 24.3 Å². The summed E-state index contributed by atoms with van der Waals surface area (Å²) < 4.78 is 16.7. The molecule has 0 saturated carbocycles. The smallest absolute Gasteiger partial charge is 0.251 e. The molecule has 132 valence electrons. The van der Waals surface area contributed by atoms with Gasteiger partial charge in [-0.2, -0.15) is 0 Å². The lowest BCUT2D eigenvalue weighted by Gasteiger charge is -2.43. The van der Waals surface area contributed by atoms with Gasteiger partial charge >= 0.3 is 0 Å². The summed E-state index contributed by atoms with van der Waals surface area (Å²) in [5.41, 5.74) is 1.43. The van der Waals surface area contributed by atoms with E-state index in [0.717, 1.165) is 44.5 Å². The fraction of sp³-hybridized carbons (Fsp3) is 0.474. The van der Waals surface area contributed by atoms with Crippen molar-refractivity contribution in [2.75, 3.05) is 19.8 Å². The highest BCUT2D eigenvalue weighted by atomic mass is 16.5. The second-order valence-corrected chi connectivity index (χ2v) is 6.75. The SMILES string of the molecule is O=C(NC1CCOC2(CCOCC2)C1)c1ccc(-c2cnco2)cc1. The summed E-state index contributed by atoms with van der Waals surface area (Å²) in [7, 11) is 0. The molecule has 4 rings (SSSR count). The highest BCUT2D eigenvalue weighted by molar-refractivity contribution is 5.94. The lowest BCUT2D eigenvalue weighted by Crippen LogP contribution is -2.51. The number of nitrogens with zero attached hydrogens (tertiary/aromatic N) is 1. The topological polar surface area (TPSA) is 73.6 Å². The molecule has 1 unspecified atom stereocenters. The molecule has 2 aliphatic heterocycles. The zero-order valence-corrected chi connectivity index (χ0v) is 14.1. The van der Waals surface area contributed by atoms with E-state index in [4.69, 9.17) is 13.9 Å². The number of oxazole rings is 1. The monoisotopic (exact) mass is 342 g/mol. The van der Waals surface area contributed by atoms with Gasteiger partial charge in [-0.15, -0.1) is 0 Å². The van der Waals surface area contributed by atoms with E-state index in [1.165, 1.54) is 6.39 Å². The average molecular weight is 342 g/mol. The van der Waals surface area contributed by atoms with E-state index < -0.39 is 0 Å². The minimum absolute atomic E-state index is 0.0433. The number of hydrogen-bond donors (Lipinski definition) is 1. The van der Waals surface area contributed by atoms with Crippen molar-refractivity contribution in [1.29, 1.82) is 0 Å². The number of benzene rings is 1. The van der Waals surface area contributed by atoms with Crippen molar-refractivity contribution in [1.82, 2.24) is 10.3 Å². The van der Waals surface area contributed by atoms with Crippen molar-refractivity contribution in [3.05, 3.63) is 42.4 Å². The van der Waals surface area contributed by atoms with Crippen molar-refractivity contribution >= 4 is 5.91 Å². The molecule has 1 atom stereocenters. The first kappa shape index (κ1) is 16.3. The van der Waals surface area contributed by atoms with Crippen molar-refractivity contribution in [3.8, 4) is 11.3 Å². The van der Waals surface area contributed by atoms with Crippen LogP contribution >= 0.6 is 0 Å². The van der Waals surface area contributed by atoms with E-state index >= 15 is 0 Å². The van der Waals surface area contributed by atoms with Gasteiger partial charge in [-0.3, -0.25) is 4.79 Å². The zero-order chi connectivity index (χ0) is 17.1. The molecule has 6 heteroatoms. The number of hydrogen-bond acceptors (Lipinski definition) is 5. The minimum Gasteiger partial charge on any atom is -0.444 e. The maximum absolute atomic E-state index is 12.6. The number of nitrogens with one attached hydrogen (secondary N) is 1. The van der Waals surface area contributed by atoms with Gasteiger partial charge < -0.3 is 19.2 Å². The number of carbonyl (C=O) groups excluding carboxylic acids is 1. The third kappa shape index (κ3) is 3.60. The first-order valence-electron chi connectivity index (χ1n) is 8.76. The van der Waals surface area contributed by atoms with Gasteiger partial charge in [0.2, 0.25) is 0 Å². The molecule has 2 aromatic rings. The van der Waals surface area contributed by atoms with E-state index in [2.05, 4.69) is 10.3 Å². The Bertz CT molecular complexity index is 700. The van der Waals surface area contributed by atoms with Crippen molar-refractivity contribution < 1.29 is 18.7 Å². The van der Waals surface area contributed by atoms with Crippen LogP contribution in [0.3, 0.4) is 0 Å². The van der Waals surface area contributed by atoms with E-state index in [-0.39, 0.29) is 17.6 Å². The number of ether oxygens (including phenoxy) is 2. The molecule has 1 amide bonds. The van der Waals surface area contributed by atoms with Crippen LogP contribution in [-0.2, 0) is 9.47 Å². The van der Waals surface area contributed by atoms with E-state index in [9.17, 15) is 4.79 Å². The molecule has 0 aliphatic carbocycles. The Morgan fingerprint density at radius 1 is 1.16 bits per heavy atom. The first-order chi connectivity index (χ1) is 12.2. The predicted molar refractivity (Wildman–Crippen MR) is 91.2 cm³/mol. The largest absolute Gasteiger partial charge is 0.444 e. The van der Waals surface area contributed by atoms with Gasteiger partial charge in [-0.05, 0) is 37.8 Å². The summed E-state index contributed by atoms with van der Waals surface area (Å²) in [5.74, 6) is 0.649. The highest BCUT2D eigenvalue weighted by Crippen LogP contribution is 2.34. The molecule has 2 aliphatic rings. The molecule has 2 saturated heterocycles. The van der Waals surface area contributed by atoms with Crippen LogP contribution in [0.1, 0.15) is 36.0 Å². The molecule has 1 spiro atoms. The number of rotatable bonds is 3. The molecule has 0 radical (unpaired) electrons. The Morgan fingerprint density at radius 3 is 2.68 bits per heavy atom. The Labute approximate surface area is 146 Å². The van der Waals surface area contributed by atoms with Crippen molar-refractivity contribution in [2.24, 2.45) is 0 Å². The third-order valence-electron chi connectivity index (χ3n) is 5.10. The van der Waals surface area contributed by atoms with Crippen LogP contribution in [0, 0.1) is 0 Å². The molecule has 6 nitrogen and oxygen atoms in total. The van der Waals surface area contributed by atoms with Crippen LogP contribution in [0.15, 0.2) is 41.3 Å². The molecule has 1 N–H and O–H groups in total. The Balaban J connectivity index is 1.39. The molecular weight excluding hydrogens is 320 g/mol. The standard InChI is InChI=1S/C19H22N2O4/c22-18(15-3-1-14(2-4-15)17-12-20-13-24-17)21-16-5-8-25-19(11-16)6-9-23-10-7-19/h1-4,12-13,16H,5-11H2,(H,21,22). The Hall–Kier alpha value is -2.18. The zero-order valence-electron chi connectivity index (χ0n) is 14.1. The third-order valence-corrected chi connectivity index (χ3v) is 5.10. The van der Waals surface area contributed by atoms with Gasteiger partial charge in [0, 0.05) is 37.0 Å². The summed E-state index contributed by atoms with van der Waals surface area (Å²) in [4.78, 5) is 16.5. The lowest BCUT2D eigenvalue weighted by atomic mass is 9.84. The normalized spacial score (nSPS) is 22.6. The summed E-state index contributed by atoms with van der Waals surface area (Å²) in [5, 5.41) is 3.17. The highest BCUT2D eigenvalue weighted by Gasteiger charge is 2.39.